The minimum absolute atomic E-state index is 0.0191. The van der Waals surface area contributed by atoms with Crippen LogP contribution in [-0.2, 0) is 22.4 Å². The quantitative estimate of drug-likeness (QED) is 0.760. The zero-order valence-electron chi connectivity index (χ0n) is 9.47. The number of hydrogen-bond donors (Lipinski definition) is 2. The van der Waals surface area contributed by atoms with Gasteiger partial charge in [-0.05, 0) is 35.9 Å². The summed E-state index contributed by atoms with van der Waals surface area (Å²) in [6, 6.07) is 5.51. The minimum Gasteiger partial charge on any atom is -0.481 e. The van der Waals surface area contributed by atoms with E-state index in [9.17, 15) is 9.59 Å². The van der Waals surface area contributed by atoms with Gasteiger partial charge in [0, 0.05) is 11.3 Å². The molecule has 0 unspecified atom stereocenters. The lowest BCUT2D eigenvalue weighted by molar-refractivity contribution is -0.137. The molecule has 92 valence electrons. The largest absolute Gasteiger partial charge is 0.481 e. The first-order chi connectivity index (χ1) is 8.02. The molecular weight excluding hydrogens is 240 g/mol. The number of rotatable bonds is 6. The van der Waals surface area contributed by atoms with Crippen LogP contribution in [0, 0.1) is 0 Å². The van der Waals surface area contributed by atoms with E-state index in [4.69, 9.17) is 10.2 Å². The number of carboxylic acid groups (broad SMARTS) is 2. The van der Waals surface area contributed by atoms with E-state index < -0.39 is 11.9 Å². The van der Waals surface area contributed by atoms with E-state index in [-0.39, 0.29) is 12.8 Å². The Hall–Kier alpha value is -1.49. The molecule has 0 aliphatic heterocycles. The van der Waals surface area contributed by atoms with Crippen LogP contribution in [0.5, 0.6) is 0 Å². The minimum atomic E-state index is -0.903. The molecule has 0 saturated heterocycles. The number of carbonyl (C=O) groups is 2. The van der Waals surface area contributed by atoms with E-state index in [0.29, 0.717) is 12.0 Å². The molecule has 0 bridgehead atoms. The van der Waals surface area contributed by atoms with E-state index in [0.717, 1.165) is 10.5 Å². The van der Waals surface area contributed by atoms with Crippen LogP contribution in [0.4, 0.5) is 0 Å². The van der Waals surface area contributed by atoms with Gasteiger partial charge in [-0.3, -0.25) is 9.59 Å². The van der Waals surface area contributed by atoms with Crippen molar-refractivity contribution in [2.45, 2.75) is 24.2 Å². The maximum atomic E-state index is 10.7. The van der Waals surface area contributed by atoms with E-state index in [2.05, 4.69) is 0 Å². The van der Waals surface area contributed by atoms with E-state index in [1.165, 1.54) is 11.8 Å². The van der Waals surface area contributed by atoms with Gasteiger partial charge in [0.2, 0.25) is 0 Å². The highest BCUT2D eigenvalue weighted by atomic mass is 32.2. The molecule has 0 aromatic heterocycles. The van der Waals surface area contributed by atoms with Crippen molar-refractivity contribution in [3.05, 3.63) is 29.3 Å². The Bertz CT molecular complexity index is 429. The molecule has 0 aliphatic carbocycles. The Morgan fingerprint density at radius 1 is 1.18 bits per heavy atom. The molecule has 0 heterocycles. The fourth-order valence-corrected chi connectivity index (χ4v) is 2.01. The van der Waals surface area contributed by atoms with Crippen molar-refractivity contribution in [3.63, 3.8) is 0 Å². The van der Waals surface area contributed by atoms with E-state index in [1.54, 1.807) is 0 Å². The maximum absolute atomic E-state index is 10.7. The molecule has 17 heavy (non-hydrogen) atoms. The molecule has 5 heteroatoms. The third-order valence-corrected chi connectivity index (χ3v) is 3.09. The zero-order valence-corrected chi connectivity index (χ0v) is 10.3. The van der Waals surface area contributed by atoms with Crippen LogP contribution in [0.3, 0.4) is 0 Å². The number of hydrogen-bond acceptors (Lipinski definition) is 3. The molecule has 1 aromatic carbocycles. The van der Waals surface area contributed by atoms with Crippen LogP contribution in [0.15, 0.2) is 23.1 Å². The summed E-state index contributed by atoms with van der Waals surface area (Å²) in [5.41, 5.74) is 1.50. The molecule has 0 radical (unpaired) electrons. The molecule has 2 N–H and O–H groups in total. The van der Waals surface area contributed by atoms with Crippen molar-refractivity contribution >= 4 is 23.7 Å². The Kier molecular flexibility index (Phi) is 5.03. The summed E-state index contributed by atoms with van der Waals surface area (Å²) < 4.78 is 0. The molecule has 0 aliphatic rings. The Morgan fingerprint density at radius 2 is 1.88 bits per heavy atom. The van der Waals surface area contributed by atoms with Crippen LogP contribution in [-0.4, -0.2) is 28.4 Å². The number of thioether (sulfide) groups is 1. The smallest absolute Gasteiger partial charge is 0.307 e. The lowest BCUT2D eigenvalue weighted by atomic mass is 10.0. The van der Waals surface area contributed by atoms with Crippen molar-refractivity contribution in [3.8, 4) is 0 Å². The molecule has 1 aromatic rings. The van der Waals surface area contributed by atoms with Crippen molar-refractivity contribution < 1.29 is 19.8 Å². The van der Waals surface area contributed by atoms with Gasteiger partial charge in [-0.15, -0.1) is 11.8 Å². The second-order valence-electron chi connectivity index (χ2n) is 3.60. The second kappa shape index (κ2) is 6.30. The summed E-state index contributed by atoms with van der Waals surface area (Å²) >= 11 is 1.53. The monoisotopic (exact) mass is 254 g/mol. The van der Waals surface area contributed by atoms with Crippen LogP contribution in [0.25, 0.3) is 0 Å². The highest BCUT2D eigenvalue weighted by Gasteiger charge is 2.09. The van der Waals surface area contributed by atoms with Gasteiger partial charge in [0.25, 0.3) is 0 Å². The lowest BCUT2D eigenvalue weighted by Gasteiger charge is -2.08. The average Bonchev–Trinajstić information content (AvgIpc) is 2.26. The summed E-state index contributed by atoms with van der Waals surface area (Å²) in [5, 5.41) is 17.4. The Morgan fingerprint density at radius 3 is 2.41 bits per heavy atom. The SMILES string of the molecule is CSc1ccc(CCC(=O)O)c(CC(=O)O)c1. The first-order valence-electron chi connectivity index (χ1n) is 5.12. The predicted octanol–water partition coefficient (Wildman–Crippen LogP) is 2.05. The number of carboxylic acids is 2. The van der Waals surface area contributed by atoms with Crippen LogP contribution in [0.2, 0.25) is 0 Å². The van der Waals surface area contributed by atoms with Gasteiger partial charge < -0.3 is 10.2 Å². The molecule has 0 saturated carbocycles. The van der Waals surface area contributed by atoms with Gasteiger partial charge in [0.05, 0.1) is 6.42 Å². The topological polar surface area (TPSA) is 74.6 Å². The third-order valence-electron chi connectivity index (χ3n) is 2.36. The summed E-state index contributed by atoms with van der Waals surface area (Å²) in [6.45, 7) is 0. The molecule has 0 fully saturated rings. The van der Waals surface area contributed by atoms with Crippen molar-refractivity contribution in [1.29, 1.82) is 0 Å². The average molecular weight is 254 g/mol. The highest BCUT2D eigenvalue weighted by Crippen LogP contribution is 2.21. The normalized spacial score (nSPS) is 10.2. The fourth-order valence-electron chi connectivity index (χ4n) is 1.54. The van der Waals surface area contributed by atoms with Crippen molar-refractivity contribution in [1.82, 2.24) is 0 Å². The summed E-state index contributed by atoms with van der Waals surface area (Å²) in [7, 11) is 0. The zero-order chi connectivity index (χ0) is 12.8. The van der Waals surface area contributed by atoms with Gasteiger partial charge >= 0.3 is 11.9 Å². The van der Waals surface area contributed by atoms with E-state index >= 15 is 0 Å². The molecule has 1 rings (SSSR count). The number of aryl methyl sites for hydroxylation is 1. The Labute approximate surface area is 104 Å². The molecule has 4 nitrogen and oxygen atoms in total. The molecular formula is C12H14O4S. The summed E-state index contributed by atoms with van der Waals surface area (Å²) in [6.07, 6.45) is 2.23. The standard InChI is InChI=1S/C12H14O4S/c1-17-10-4-2-8(3-5-11(13)14)9(6-10)7-12(15)16/h2,4,6H,3,5,7H2,1H3,(H,13,14)(H,15,16). The van der Waals surface area contributed by atoms with Crippen LogP contribution >= 0.6 is 11.8 Å². The van der Waals surface area contributed by atoms with Crippen molar-refractivity contribution in [2.24, 2.45) is 0 Å². The molecule has 0 atom stereocenters. The van der Waals surface area contributed by atoms with Crippen molar-refractivity contribution in [2.75, 3.05) is 6.26 Å². The third kappa shape index (κ3) is 4.48. The fraction of sp³-hybridized carbons (Fsp3) is 0.333. The van der Waals surface area contributed by atoms with Gasteiger partial charge in [-0.2, -0.15) is 0 Å². The highest BCUT2D eigenvalue weighted by molar-refractivity contribution is 7.98. The molecule has 0 amide bonds. The Balaban J connectivity index is 2.93. The van der Waals surface area contributed by atoms with Gasteiger partial charge in [-0.25, -0.2) is 0 Å². The maximum Gasteiger partial charge on any atom is 0.307 e. The van der Waals surface area contributed by atoms with E-state index in [1.807, 2.05) is 24.5 Å². The lowest BCUT2D eigenvalue weighted by Crippen LogP contribution is -2.06. The summed E-state index contributed by atoms with van der Waals surface area (Å²) in [5.74, 6) is -1.78. The number of aliphatic carboxylic acids is 2. The first kappa shape index (κ1) is 13.6. The first-order valence-corrected chi connectivity index (χ1v) is 6.34. The van der Waals surface area contributed by atoms with Crippen LogP contribution in [0.1, 0.15) is 17.5 Å². The molecule has 0 spiro atoms. The van der Waals surface area contributed by atoms with Gasteiger partial charge in [0.1, 0.15) is 0 Å². The van der Waals surface area contributed by atoms with Crippen LogP contribution < -0.4 is 0 Å². The summed E-state index contributed by atoms with van der Waals surface area (Å²) in [4.78, 5) is 22.2. The second-order valence-corrected chi connectivity index (χ2v) is 4.48. The van der Waals surface area contributed by atoms with Gasteiger partial charge in [0.15, 0.2) is 0 Å². The predicted molar refractivity (Wildman–Crippen MR) is 65.5 cm³/mol. The van der Waals surface area contributed by atoms with Gasteiger partial charge in [-0.1, -0.05) is 6.07 Å². The number of benzene rings is 1.